The minimum absolute atomic E-state index is 0.158. The molecule has 1 unspecified atom stereocenters. The summed E-state index contributed by atoms with van der Waals surface area (Å²) in [5, 5.41) is 6.24. The fourth-order valence-electron chi connectivity index (χ4n) is 3.00. The van der Waals surface area contributed by atoms with Crippen molar-refractivity contribution in [3.05, 3.63) is 94.8 Å². The molecule has 0 aliphatic rings. The van der Waals surface area contributed by atoms with Crippen LogP contribution in [-0.4, -0.2) is 29.0 Å². The van der Waals surface area contributed by atoms with E-state index in [-0.39, 0.29) is 16.5 Å². The third-order valence-electron chi connectivity index (χ3n) is 4.52. The molecule has 1 amide bonds. The van der Waals surface area contributed by atoms with Crippen LogP contribution in [0.2, 0.25) is 5.02 Å². The minimum atomic E-state index is -0.886. The highest BCUT2D eigenvalue weighted by molar-refractivity contribution is 6.31. The minimum Gasteiger partial charge on any atom is -0.354 e. The highest BCUT2D eigenvalue weighted by Crippen LogP contribution is 2.26. The van der Waals surface area contributed by atoms with E-state index in [1.807, 2.05) is 24.3 Å². The lowest BCUT2D eigenvalue weighted by molar-refractivity contribution is -0.123. The first-order valence-electron chi connectivity index (χ1n) is 9.38. The van der Waals surface area contributed by atoms with E-state index in [1.54, 1.807) is 30.9 Å². The quantitative estimate of drug-likeness (QED) is 0.564. The van der Waals surface area contributed by atoms with Gasteiger partial charge in [0.25, 0.3) is 0 Å². The fraction of sp³-hybridized carbons (Fsp3) is 0.227. The Morgan fingerprint density at radius 2 is 1.52 bits per heavy atom. The zero-order valence-electron chi connectivity index (χ0n) is 15.8. The van der Waals surface area contributed by atoms with Gasteiger partial charge >= 0.3 is 0 Å². The number of rotatable bonds is 9. The Labute approximate surface area is 174 Å². The number of pyridine rings is 2. The van der Waals surface area contributed by atoms with Crippen LogP contribution in [0.5, 0.6) is 0 Å². The third-order valence-corrected chi connectivity index (χ3v) is 4.85. The van der Waals surface area contributed by atoms with Crippen LogP contribution in [-0.2, 0) is 17.6 Å². The molecule has 2 N–H and O–H groups in total. The number of amides is 1. The zero-order valence-corrected chi connectivity index (χ0v) is 16.6. The van der Waals surface area contributed by atoms with E-state index in [9.17, 15) is 9.18 Å². The first-order valence-corrected chi connectivity index (χ1v) is 9.76. The van der Waals surface area contributed by atoms with Crippen molar-refractivity contribution in [2.75, 3.05) is 13.1 Å². The molecule has 150 valence electrons. The van der Waals surface area contributed by atoms with Crippen molar-refractivity contribution in [2.24, 2.45) is 0 Å². The van der Waals surface area contributed by atoms with Gasteiger partial charge in [-0.05, 0) is 60.4 Å². The Kier molecular flexibility index (Phi) is 7.67. The topological polar surface area (TPSA) is 66.9 Å². The summed E-state index contributed by atoms with van der Waals surface area (Å²) in [7, 11) is 0. The number of hydrogen-bond acceptors (Lipinski definition) is 4. The summed E-state index contributed by atoms with van der Waals surface area (Å²) < 4.78 is 14.5. The van der Waals surface area contributed by atoms with Crippen LogP contribution in [0.4, 0.5) is 4.39 Å². The van der Waals surface area contributed by atoms with Crippen LogP contribution in [0.1, 0.15) is 22.7 Å². The van der Waals surface area contributed by atoms with E-state index in [0.29, 0.717) is 25.9 Å². The summed E-state index contributed by atoms with van der Waals surface area (Å²) in [5.74, 6) is -0.830. The van der Waals surface area contributed by atoms with Crippen LogP contribution in [0.15, 0.2) is 67.3 Å². The Hall–Kier alpha value is -2.83. The maximum absolute atomic E-state index is 14.5. The maximum atomic E-state index is 14.5. The molecular weight excluding hydrogens is 391 g/mol. The summed E-state index contributed by atoms with van der Waals surface area (Å²) in [6.07, 6.45) is 8.18. The van der Waals surface area contributed by atoms with Crippen LogP contribution in [0, 0.1) is 5.82 Å². The van der Waals surface area contributed by atoms with E-state index < -0.39 is 11.9 Å². The predicted molar refractivity (Wildman–Crippen MR) is 111 cm³/mol. The molecule has 1 atom stereocenters. The maximum Gasteiger partial charge on any atom is 0.241 e. The van der Waals surface area contributed by atoms with Gasteiger partial charge in [-0.1, -0.05) is 17.7 Å². The highest BCUT2D eigenvalue weighted by atomic mass is 35.5. The number of aromatic nitrogens is 2. The first-order chi connectivity index (χ1) is 14.1. The Balaban J connectivity index is 1.67. The summed E-state index contributed by atoms with van der Waals surface area (Å²) in [6, 6.07) is 11.1. The molecule has 0 bridgehead atoms. The number of nitrogens with zero attached hydrogens (tertiary/aromatic N) is 2. The molecule has 3 aromatic rings. The lowest BCUT2D eigenvalue weighted by Crippen LogP contribution is -2.39. The van der Waals surface area contributed by atoms with Gasteiger partial charge in [0, 0.05) is 48.5 Å². The van der Waals surface area contributed by atoms with Crippen LogP contribution in [0.3, 0.4) is 0 Å². The number of halogens is 2. The molecule has 0 spiro atoms. The second-order valence-corrected chi connectivity index (χ2v) is 6.93. The van der Waals surface area contributed by atoms with Crippen LogP contribution >= 0.6 is 11.6 Å². The lowest BCUT2D eigenvalue weighted by atomic mass is 10.0. The van der Waals surface area contributed by atoms with Gasteiger partial charge in [-0.2, -0.15) is 0 Å². The molecule has 1 aromatic carbocycles. The molecule has 3 rings (SSSR count). The van der Waals surface area contributed by atoms with Crippen molar-refractivity contribution >= 4 is 17.5 Å². The number of nitrogens with one attached hydrogen (secondary N) is 2. The van der Waals surface area contributed by atoms with E-state index in [4.69, 9.17) is 11.6 Å². The molecule has 2 heterocycles. The van der Waals surface area contributed by atoms with Crippen LogP contribution in [0.25, 0.3) is 0 Å². The molecule has 2 aromatic heterocycles. The predicted octanol–water partition coefficient (Wildman–Crippen LogP) is 3.50. The van der Waals surface area contributed by atoms with Gasteiger partial charge in [-0.3, -0.25) is 14.8 Å². The zero-order chi connectivity index (χ0) is 20.5. The van der Waals surface area contributed by atoms with Gasteiger partial charge in [-0.25, -0.2) is 4.39 Å². The van der Waals surface area contributed by atoms with Crippen molar-refractivity contribution in [2.45, 2.75) is 18.9 Å². The van der Waals surface area contributed by atoms with Gasteiger partial charge in [-0.15, -0.1) is 0 Å². The number of carbonyl (C=O) groups excluding carboxylic acids is 1. The van der Waals surface area contributed by atoms with Crippen molar-refractivity contribution in [1.29, 1.82) is 0 Å². The molecule has 5 nitrogen and oxygen atoms in total. The van der Waals surface area contributed by atoms with E-state index in [2.05, 4.69) is 20.6 Å². The summed E-state index contributed by atoms with van der Waals surface area (Å²) in [6.45, 7) is 0.911. The fourth-order valence-corrected chi connectivity index (χ4v) is 3.28. The third kappa shape index (κ3) is 6.07. The molecule has 0 saturated carbocycles. The molecule has 0 aliphatic heterocycles. The van der Waals surface area contributed by atoms with Crippen molar-refractivity contribution in [1.82, 2.24) is 20.6 Å². The van der Waals surface area contributed by atoms with Crippen molar-refractivity contribution in [3.8, 4) is 0 Å². The SMILES string of the molecule is O=C(NCCc1ccncc1)C(NCCc1ccncc1)c1c(F)cccc1Cl. The second kappa shape index (κ2) is 10.6. The average molecular weight is 413 g/mol. The first kappa shape index (κ1) is 20.9. The molecule has 0 radical (unpaired) electrons. The summed E-state index contributed by atoms with van der Waals surface area (Å²) in [5.41, 5.74) is 2.29. The number of benzene rings is 1. The van der Waals surface area contributed by atoms with Gasteiger partial charge in [0.15, 0.2) is 0 Å². The normalized spacial score (nSPS) is 11.8. The summed E-state index contributed by atoms with van der Waals surface area (Å²) >= 11 is 6.22. The number of hydrogen-bond donors (Lipinski definition) is 2. The Morgan fingerprint density at radius 1 is 0.931 bits per heavy atom. The van der Waals surface area contributed by atoms with E-state index >= 15 is 0 Å². The van der Waals surface area contributed by atoms with Gasteiger partial charge < -0.3 is 10.6 Å². The highest BCUT2D eigenvalue weighted by Gasteiger charge is 2.25. The lowest BCUT2D eigenvalue weighted by Gasteiger charge is -2.20. The largest absolute Gasteiger partial charge is 0.354 e. The molecule has 0 saturated heterocycles. The molecule has 7 heteroatoms. The number of carbonyl (C=O) groups is 1. The molecule has 0 aliphatic carbocycles. The average Bonchev–Trinajstić information content (AvgIpc) is 2.74. The van der Waals surface area contributed by atoms with Crippen LogP contribution < -0.4 is 10.6 Å². The van der Waals surface area contributed by atoms with Gasteiger partial charge in [0.05, 0.1) is 0 Å². The summed E-state index contributed by atoms with van der Waals surface area (Å²) in [4.78, 5) is 20.8. The monoisotopic (exact) mass is 412 g/mol. The standard InChI is InChI=1S/C22H22ClFN4O/c23-18-2-1-3-19(24)20(18)21(27-14-8-16-4-10-25-11-5-16)22(29)28-15-9-17-6-12-26-13-7-17/h1-7,10-13,21,27H,8-9,14-15H2,(H,28,29). The van der Waals surface area contributed by atoms with Gasteiger partial charge in [0.2, 0.25) is 5.91 Å². The molecule has 29 heavy (non-hydrogen) atoms. The Bertz CT molecular complexity index is 904. The van der Waals surface area contributed by atoms with E-state index in [0.717, 1.165) is 11.1 Å². The second-order valence-electron chi connectivity index (χ2n) is 6.52. The molecule has 0 fully saturated rings. The van der Waals surface area contributed by atoms with Gasteiger partial charge in [0.1, 0.15) is 11.9 Å². The van der Waals surface area contributed by atoms with E-state index in [1.165, 1.54) is 12.1 Å². The van der Waals surface area contributed by atoms with Crippen molar-refractivity contribution < 1.29 is 9.18 Å². The van der Waals surface area contributed by atoms with Crippen molar-refractivity contribution in [3.63, 3.8) is 0 Å². The Morgan fingerprint density at radius 3 is 2.10 bits per heavy atom. The smallest absolute Gasteiger partial charge is 0.241 e. The molecular formula is C22H22ClFN4O.